The molecular formula is C45H55Cl3N12O9. The van der Waals surface area contributed by atoms with Crippen LogP contribution in [0, 0.1) is 17.0 Å². The van der Waals surface area contributed by atoms with E-state index in [-0.39, 0.29) is 114 Å². The van der Waals surface area contributed by atoms with Crippen molar-refractivity contribution in [3.05, 3.63) is 116 Å². The monoisotopic (exact) mass is 1010 g/mol. The predicted molar refractivity (Wildman–Crippen MR) is 269 cm³/mol. The lowest BCUT2D eigenvalue weighted by atomic mass is 9.92. The van der Waals surface area contributed by atoms with Crippen LogP contribution in [-0.2, 0) is 11.8 Å². The maximum Gasteiger partial charge on any atom is 0.272 e. The number of aromatic amines is 1. The Labute approximate surface area is 415 Å². The number of nitrogens with zero attached hydrogens (tertiary/aromatic N) is 4. The summed E-state index contributed by atoms with van der Waals surface area (Å²) >= 11 is 0. The third kappa shape index (κ3) is 13.6. The first-order chi connectivity index (χ1) is 31.6. The fourth-order valence-corrected chi connectivity index (χ4v) is 7.39. The average molecular weight is 1010 g/mol. The number of halogens is 3. The molecule has 6 rings (SSSR count). The first kappa shape index (κ1) is 56.4. The Morgan fingerprint density at radius 2 is 1.43 bits per heavy atom. The normalized spacial score (nSPS) is 11.5. The number of anilines is 3. The van der Waals surface area contributed by atoms with Gasteiger partial charge < -0.3 is 52.1 Å². The molecule has 0 bridgehead atoms. The summed E-state index contributed by atoms with van der Waals surface area (Å²) in [5.41, 5.74) is 6.76. The minimum atomic E-state index is -0.878. The molecule has 24 heteroatoms. The topological polar surface area (TPSA) is 288 Å². The Bertz CT molecular complexity index is 2740. The summed E-state index contributed by atoms with van der Waals surface area (Å²) < 4.78 is 1.61. The molecule has 0 unspecified atom stereocenters. The molecule has 0 saturated carbocycles. The summed E-state index contributed by atoms with van der Waals surface area (Å²) in [6.45, 7) is 4.50. The number of carbonyl (C=O) groups excluding carboxylic acids is 7. The van der Waals surface area contributed by atoms with Crippen LogP contribution in [0.1, 0.15) is 87.2 Å². The van der Waals surface area contributed by atoms with E-state index in [0.717, 1.165) is 23.9 Å². The molecule has 9 N–H and O–H groups in total. The van der Waals surface area contributed by atoms with Crippen molar-refractivity contribution in [2.75, 3.05) is 75.4 Å². The highest BCUT2D eigenvalue weighted by Gasteiger charge is 2.36. The summed E-state index contributed by atoms with van der Waals surface area (Å²) in [6.07, 6.45) is 4.04. The molecule has 5 aromatic rings. The summed E-state index contributed by atoms with van der Waals surface area (Å²) in [7, 11) is 5.61. The number of hydrogen-bond donors (Lipinski definition) is 8. The van der Waals surface area contributed by atoms with Crippen molar-refractivity contribution < 1.29 is 38.5 Å². The van der Waals surface area contributed by atoms with Gasteiger partial charge in [-0.2, -0.15) is 0 Å². The van der Waals surface area contributed by atoms with Crippen LogP contribution in [0.25, 0.3) is 10.8 Å². The third-order valence-corrected chi connectivity index (χ3v) is 10.7. The zero-order valence-electron chi connectivity index (χ0n) is 38.2. The van der Waals surface area contributed by atoms with Crippen LogP contribution in [0.5, 0.6) is 0 Å². The highest BCUT2D eigenvalue weighted by molar-refractivity contribution is 6.36. The van der Waals surface area contributed by atoms with Crippen molar-refractivity contribution in [2.24, 2.45) is 12.8 Å². The zero-order valence-corrected chi connectivity index (χ0v) is 40.6. The van der Waals surface area contributed by atoms with Crippen LogP contribution in [-0.4, -0.2) is 121 Å². The van der Waals surface area contributed by atoms with Gasteiger partial charge in [0, 0.05) is 105 Å². The number of amides is 7. The highest BCUT2D eigenvalue weighted by atomic mass is 35.5. The van der Waals surface area contributed by atoms with E-state index in [9.17, 15) is 43.7 Å². The number of nitro benzene ring substituents is 1. The molecule has 2 aromatic heterocycles. The van der Waals surface area contributed by atoms with Gasteiger partial charge in [-0.1, -0.05) is 12.1 Å². The SMILES string of the molecule is Cc1c(NC(=O)CCCNC(=O)c2cc(C(=O)NCCNCCN)cc(N3C(=O)c4cccc5cc([N+](=O)[O-])cc(c45)C3=O)c2)c[nH]c1C(=O)Nc1cc(C(=O)NCCCN(C)C)n(C)c1.Cl.Cl.Cl. The number of H-pyrrole nitrogens is 1. The van der Waals surface area contributed by atoms with Gasteiger partial charge in [0.25, 0.3) is 41.1 Å². The zero-order chi connectivity index (χ0) is 47.7. The van der Waals surface area contributed by atoms with Gasteiger partial charge >= 0.3 is 0 Å². The molecule has 0 saturated heterocycles. The molecule has 3 heterocycles. The average Bonchev–Trinajstić information content (AvgIpc) is 3.84. The number of benzene rings is 3. The van der Waals surface area contributed by atoms with Crippen molar-refractivity contribution in [2.45, 2.75) is 26.2 Å². The Morgan fingerprint density at radius 1 is 0.783 bits per heavy atom. The molecule has 0 fully saturated rings. The van der Waals surface area contributed by atoms with Gasteiger partial charge in [0.2, 0.25) is 5.91 Å². The van der Waals surface area contributed by atoms with E-state index < -0.39 is 40.4 Å². The number of nitro groups is 1. The Hall–Kier alpha value is -6.88. The molecule has 1 aliphatic rings. The lowest BCUT2D eigenvalue weighted by molar-refractivity contribution is -0.384. The number of carbonyl (C=O) groups is 7. The van der Waals surface area contributed by atoms with Gasteiger partial charge in [0.15, 0.2) is 0 Å². The minimum Gasteiger partial charge on any atom is -0.355 e. The number of rotatable bonds is 21. The van der Waals surface area contributed by atoms with E-state index in [1.54, 1.807) is 36.9 Å². The number of nitrogens with one attached hydrogen (secondary N) is 7. The van der Waals surface area contributed by atoms with Crippen LogP contribution in [0.4, 0.5) is 22.7 Å². The third-order valence-electron chi connectivity index (χ3n) is 10.7. The second-order valence-corrected chi connectivity index (χ2v) is 15.9. The maximum atomic E-state index is 14.0. The number of hydrogen-bond acceptors (Lipinski definition) is 12. The fourth-order valence-electron chi connectivity index (χ4n) is 7.39. The molecule has 21 nitrogen and oxygen atoms in total. The van der Waals surface area contributed by atoms with E-state index in [1.165, 1.54) is 42.6 Å². The Balaban J connectivity index is 0.00000420. The van der Waals surface area contributed by atoms with Crippen LogP contribution in [0.2, 0.25) is 0 Å². The molecule has 370 valence electrons. The molecule has 69 heavy (non-hydrogen) atoms. The maximum absolute atomic E-state index is 14.0. The van der Waals surface area contributed by atoms with Gasteiger partial charge in [0.05, 0.1) is 27.5 Å². The summed E-state index contributed by atoms with van der Waals surface area (Å²) in [4.78, 5) is 111. The Morgan fingerprint density at radius 3 is 2.10 bits per heavy atom. The standard InChI is InChI=1S/C45H52N12O9.3ClH/c1-26-35(24-51-39(26)43(62)52-30-22-36(55(4)25-30)42(61)49-13-7-17-54(2)3)53-37(58)10-6-12-48-40(59)28-18-29(41(60)50-16-15-47-14-11-46)21-31(20-28)56-44(63)33-9-5-8-27-19-32(57(65)66)23-34(38(27)33)45(56)64;;;/h5,8-9,18-25,47,51H,6-7,10-17,46H2,1-4H3,(H,48,59)(H,49,61)(H,50,60)(H,52,62)(H,53,58);3*1H. The first-order valence-electron chi connectivity index (χ1n) is 21.2. The lowest BCUT2D eigenvalue weighted by Gasteiger charge is -2.27. The summed E-state index contributed by atoms with van der Waals surface area (Å²) in [6, 6.07) is 12.4. The molecule has 3 aromatic carbocycles. The quantitative estimate of drug-likeness (QED) is 0.0223. The van der Waals surface area contributed by atoms with Crippen molar-refractivity contribution in [3.63, 3.8) is 0 Å². The van der Waals surface area contributed by atoms with Crippen molar-refractivity contribution >= 4 is 112 Å². The van der Waals surface area contributed by atoms with Gasteiger partial charge in [-0.3, -0.25) is 43.7 Å². The Kier molecular flexibility index (Phi) is 20.8. The van der Waals surface area contributed by atoms with E-state index in [0.29, 0.717) is 54.2 Å². The molecule has 0 aliphatic carbocycles. The van der Waals surface area contributed by atoms with Gasteiger partial charge in [-0.25, -0.2) is 4.90 Å². The minimum absolute atomic E-state index is 0. The second kappa shape index (κ2) is 25.5. The molecule has 0 spiro atoms. The molecule has 0 atom stereocenters. The lowest BCUT2D eigenvalue weighted by Crippen LogP contribution is -2.41. The number of non-ortho nitro benzene ring substituents is 1. The number of aryl methyl sites for hydroxylation is 1. The fraction of sp³-hybridized carbons (Fsp3) is 0.311. The molecule has 1 aliphatic heterocycles. The van der Waals surface area contributed by atoms with E-state index in [4.69, 9.17) is 5.73 Å². The van der Waals surface area contributed by atoms with E-state index in [1.807, 2.05) is 19.0 Å². The van der Waals surface area contributed by atoms with Gasteiger partial charge in [-0.15, -0.1) is 37.2 Å². The smallest absolute Gasteiger partial charge is 0.272 e. The summed E-state index contributed by atoms with van der Waals surface area (Å²) in [5.74, 6) is -4.06. The first-order valence-corrected chi connectivity index (χ1v) is 21.2. The van der Waals surface area contributed by atoms with E-state index >= 15 is 0 Å². The molecule has 7 amide bonds. The number of nitrogens with two attached hydrogens (primary N) is 1. The van der Waals surface area contributed by atoms with Crippen LogP contribution >= 0.6 is 37.2 Å². The van der Waals surface area contributed by atoms with Crippen molar-refractivity contribution in [1.29, 1.82) is 0 Å². The van der Waals surface area contributed by atoms with Gasteiger partial charge in [0.1, 0.15) is 11.4 Å². The second-order valence-electron chi connectivity index (χ2n) is 15.9. The van der Waals surface area contributed by atoms with Crippen LogP contribution in [0.15, 0.2) is 67.0 Å². The van der Waals surface area contributed by atoms with Crippen molar-refractivity contribution in [3.8, 4) is 0 Å². The number of imide groups is 1. The number of aromatic nitrogens is 2. The van der Waals surface area contributed by atoms with Gasteiger partial charge in [-0.05, 0) is 76.1 Å². The van der Waals surface area contributed by atoms with Crippen molar-refractivity contribution in [1.82, 2.24) is 35.7 Å². The highest BCUT2D eigenvalue weighted by Crippen LogP contribution is 2.36. The van der Waals surface area contributed by atoms with E-state index in [2.05, 4.69) is 36.9 Å². The largest absolute Gasteiger partial charge is 0.355 e. The molecule has 0 radical (unpaired) electrons. The molecular weight excluding hydrogens is 959 g/mol. The summed E-state index contributed by atoms with van der Waals surface area (Å²) in [5, 5.41) is 29.3. The predicted octanol–water partition coefficient (Wildman–Crippen LogP) is 4.15. The van der Waals surface area contributed by atoms with Crippen LogP contribution < -0.4 is 42.5 Å². The van der Waals surface area contributed by atoms with Crippen LogP contribution in [0.3, 0.4) is 0 Å².